The quantitative estimate of drug-likeness (QED) is 0.145. The van der Waals surface area contributed by atoms with E-state index in [0.29, 0.717) is 37.6 Å². The fourth-order valence-corrected chi connectivity index (χ4v) is 4.81. The van der Waals surface area contributed by atoms with Gasteiger partial charge in [-0.2, -0.15) is 0 Å². The molecule has 42 heavy (non-hydrogen) atoms. The number of amides is 1. The minimum absolute atomic E-state index is 0.0761. The lowest BCUT2D eigenvalue weighted by molar-refractivity contribution is -0.129. The molecule has 0 radical (unpaired) electrons. The SMILES string of the molecule is O=C(NNCc1ccccc1)[C@@]1(C/C=C/c2ccccc2)N=C(c2ccc(OCCCO)cc2)O[C@H]1c1ccccc1. The van der Waals surface area contributed by atoms with E-state index in [9.17, 15) is 4.79 Å². The van der Waals surface area contributed by atoms with Crippen molar-refractivity contribution in [2.45, 2.75) is 31.0 Å². The van der Waals surface area contributed by atoms with Gasteiger partial charge in [0.05, 0.1) is 6.61 Å². The van der Waals surface area contributed by atoms with E-state index in [0.717, 1.165) is 22.3 Å². The average molecular weight is 562 g/mol. The van der Waals surface area contributed by atoms with Crippen LogP contribution in [0.4, 0.5) is 0 Å². The molecule has 0 saturated carbocycles. The molecular weight excluding hydrogens is 526 g/mol. The van der Waals surface area contributed by atoms with Gasteiger partial charge in [-0.1, -0.05) is 103 Å². The van der Waals surface area contributed by atoms with E-state index in [1.807, 2.05) is 127 Å². The smallest absolute Gasteiger partial charge is 0.266 e. The van der Waals surface area contributed by atoms with Gasteiger partial charge in [0.2, 0.25) is 5.90 Å². The summed E-state index contributed by atoms with van der Waals surface area (Å²) in [4.78, 5) is 19.2. The second-order valence-electron chi connectivity index (χ2n) is 10.0. The van der Waals surface area contributed by atoms with Crippen LogP contribution in [-0.4, -0.2) is 35.7 Å². The van der Waals surface area contributed by atoms with E-state index < -0.39 is 11.6 Å². The van der Waals surface area contributed by atoms with E-state index in [1.165, 1.54) is 0 Å². The van der Waals surface area contributed by atoms with Gasteiger partial charge in [0, 0.05) is 31.6 Å². The number of hydrogen-bond donors (Lipinski definition) is 3. The second kappa shape index (κ2) is 14.3. The van der Waals surface area contributed by atoms with Crippen molar-refractivity contribution in [1.82, 2.24) is 10.9 Å². The van der Waals surface area contributed by atoms with Crippen molar-refractivity contribution in [2.24, 2.45) is 4.99 Å². The van der Waals surface area contributed by atoms with Gasteiger partial charge >= 0.3 is 0 Å². The van der Waals surface area contributed by atoms with Gasteiger partial charge < -0.3 is 14.6 Å². The summed E-state index contributed by atoms with van der Waals surface area (Å²) >= 11 is 0. The largest absolute Gasteiger partial charge is 0.494 e. The standard InChI is InChI=1S/C35H35N3O4/c39-24-11-25-41-31-21-19-30(20-22-31)33-37-35(23-10-16-27-12-4-1-5-13-27,32(42-33)29-17-8-3-9-18-29)34(40)38-36-26-28-14-6-2-7-15-28/h1-10,12-22,32,36,39H,11,23-26H2,(H,38,40)/b16-10+/t32-,35-/m0/s1. The number of rotatable bonds is 13. The molecule has 0 aliphatic carbocycles. The molecule has 1 amide bonds. The molecule has 1 aliphatic heterocycles. The van der Waals surface area contributed by atoms with Crippen LogP contribution in [0.1, 0.15) is 41.2 Å². The summed E-state index contributed by atoms with van der Waals surface area (Å²) in [5.74, 6) is 0.784. The van der Waals surface area contributed by atoms with E-state index in [4.69, 9.17) is 19.6 Å². The summed E-state index contributed by atoms with van der Waals surface area (Å²) in [6.45, 7) is 0.969. The van der Waals surface area contributed by atoms with Crippen LogP contribution in [0, 0.1) is 0 Å². The summed E-state index contributed by atoms with van der Waals surface area (Å²) in [5.41, 5.74) is 8.41. The monoisotopic (exact) mass is 561 g/mol. The van der Waals surface area contributed by atoms with Crippen molar-refractivity contribution in [2.75, 3.05) is 13.2 Å². The van der Waals surface area contributed by atoms with Crippen LogP contribution in [0.3, 0.4) is 0 Å². The van der Waals surface area contributed by atoms with Crippen molar-refractivity contribution in [1.29, 1.82) is 0 Å². The van der Waals surface area contributed by atoms with Crippen LogP contribution in [0.2, 0.25) is 0 Å². The van der Waals surface area contributed by atoms with E-state index >= 15 is 0 Å². The fraction of sp³-hybridized carbons (Fsp3) is 0.200. The lowest BCUT2D eigenvalue weighted by Gasteiger charge is -2.29. The molecule has 4 aromatic rings. The third-order valence-corrected chi connectivity index (χ3v) is 7.01. The third-order valence-electron chi connectivity index (χ3n) is 7.01. The lowest BCUT2D eigenvalue weighted by atomic mass is 9.84. The van der Waals surface area contributed by atoms with Gasteiger partial charge in [0.25, 0.3) is 5.91 Å². The molecule has 0 unspecified atom stereocenters. The number of benzene rings is 4. The first kappa shape index (κ1) is 28.8. The van der Waals surface area contributed by atoms with E-state index in [1.54, 1.807) is 0 Å². The van der Waals surface area contributed by atoms with Crippen LogP contribution in [0.25, 0.3) is 6.08 Å². The molecule has 3 N–H and O–H groups in total. The maximum atomic E-state index is 14.1. The molecule has 4 aromatic carbocycles. The number of aliphatic hydroxyl groups excluding tert-OH is 1. The predicted octanol–water partition coefficient (Wildman–Crippen LogP) is 5.63. The highest BCUT2D eigenvalue weighted by Crippen LogP contribution is 2.42. The average Bonchev–Trinajstić information content (AvgIpc) is 3.44. The van der Waals surface area contributed by atoms with Crippen LogP contribution < -0.4 is 15.6 Å². The zero-order chi connectivity index (χ0) is 29.0. The topological polar surface area (TPSA) is 92.2 Å². The molecule has 1 aliphatic rings. The number of aliphatic hydroxyl groups is 1. The Morgan fingerprint density at radius 1 is 0.905 bits per heavy atom. The Morgan fingerprint density at radius 2 is 1.57 bits per heavy atom. The second-order valence-corrected chi connectivity index (χ2v) is 10.0. The summed E-state index contributed by atoms with van der Waals surface area (Å²) in [7, 11) is 0. The fourth-order valence-electron chi connectivity index (χ4n) is 4.81. The number of carbonyl (C=O) groups excluding carboxylic acids is 1. The van der Waals surface area contributed by atoms with Gasteiger partial charge in [0.15, 0.2) is 11.6 Å². The Hall–Kier alpha value is -4.72. The molecule has 5 rings (SSSR count). The summed E-state index contributed by atoms with van der Waals surface area (Å²) in [6, 6.07) is 37.0. The number of carbonyl (C=O) groups is 1. The van der Waals surface area contributed by atoms with Crippen LogP contribution in [0.15, 0.2) is 126 Å². The summed E-state index contributed by atoms with van der Waals surface area (Å²) in [5, 5.41) is 9.03. The number of hydrogen-bond acceptors (Lipinski definition) is 6. The first-order valence-corrected chi connectivity index (χ1v) is 14.1. The number of nitrogens with zero attached hydrogens (tertiary/aromatic N) is 1. The van der Waals surface area contributed by atoms with Crippen molar-refractivity contribution in [3.8, 4) is 5.75 Å². The van der Waals surface area contributed by atoms with Gasteiger partial charge in [0.1, 0.15) is 5.75 Å². The van der Waals surface area contributed by atoms with Crippen molar-refractivity contribution in [3.63, 3.8) is 0 Å². The minimum Gasteiger partial charge on any atom is -0.494 e. The van der Waals surface area contributed by atoms with Gasteiger partial charge in [-0.25, -0.2) is 10.4 Å². The summed E-state index contributed by atoms with van der Waals surface area (Å²) < 4.78 is 12.2. The molecule has 214 valence electrons. The zero-order valence-electron chi connectivity index (χ0n) is 23.4. The number of ether oxygens (including phenoxy) is 2. The first-order chi connectivity index (χ1) is 20.7. The minimum atomic E-state index is -1.28. The van der Waals surface area contributed by atoms with Crippen LogP contribution >= 0.6 is 0 Å². The Kier molecular flexibility index (Phi) is 9.77. The molecule has 2 atom stereocenters. The van der Waals surface area contributed by atoms with Gasteiger partial charge in [-0.15, -0.1) is 0 Å². The number of nitrogens with one attached hydrogen (secondary N) is 2. The van der Waals surface area contributed by atoms with Crippen molar-refractivity contribution in [3.05, 3.63) is 144 Å². The highest BCUT2D eigenvalue weighted by atomic mass is 16.5. The Labute approximate surface area is 246 Å². The molecule has 0 saturated heterocycles. The molecule has 0 spiro atoms. The van der Waals surface area contributed by atoms with Crippen molar-refractivity contribution < 1.29 is 19.4 Å². The molecule has 7 heteroatoms. The summed E-state index contributed by atoms with van der Waals surface area (Å²) in [6.07, 6.45) is 4.19. The van der Waals surface area contributed by atoms with Crippen molar-refractivity contribution >= 4 is 17.9 Å². The Bertz CT molecular complexity index is 1480. The third kappa shape index (κ3) is 7.13. The van der Waals surface area contributed by atoms with E-state index in [-0.39, 0.29) is 12.5 Å². The number of hydrazine groups is 1. The maximum absolute atomic E-state index is 14.1. The van der Waals surface area contributed by atoms with Crippen LogP contribution in [0.5, 0.6) is 5.75 Å². The zero-order valence-corrected chi connectivity index (χ0v) is 23.4. The van der Waals surface area contributed by atoms with Gasteiger partial charge in [-0.3, -0.25) is 10.2 Å². The molecule has 7 nitrogen and oxygen atoms in total. The highest BCUT2D eigenvalue weighted by Gasteiger charge is 2.52. The normalized spacial score (nSPS) is 17.9. The van der Waals surface area contributed by atoms with Crippen LogP contribution in [-0.2, 0) is 16.1 Å². The maximum Gasteiger partial charge on any atom is 0.266 e. The first-order valence-electron chi connectivity index (χ1n) is 14.1. The lowest BCUT2D eigenvalue weighted by Crippen LogP contribution is -2.52. The number of aliphatic imine (C=N–C) groups is 1. The predicted molar refractivity (Wildman–Crippen MR) is 165 cm³/mol. The Balaban J connectivity index is 1.47. The highest BCUT2D eigenvalue weighted by molar-refractivity contribution is 6.01. The molecule has 0 aromatic heterocycles. The Morgan fingerprint density at radius 3 is 2.26 bits per heavy atom. The van der Waals surface area contributed by atoms with E-state index in [2.05, 4.69) is 10.9 Å². The molecule has 1 heterocycles. The molecular formula is C35H35N3O4. The molecule has 0 bridgehead atoms. The van der Waals surface area contributed by atoms with Gasteiger partial charge in [-0.05, 0) is 41.0 Å². The molecule has 0 fully saturated rings.